The molecule has 0 bridgehead atoms. The molecular weight excluding hydrogens is 370 g/mol. The summed E-state index contributed by atoms with van der Waals surface area (Å²) in [6.45, 7) is 5.67. The van der Waals surface area contributed by atoms with Gasteiger partial charge in [-0.05, 0) is 55.7 Å². The maximum atomic E-state index is 13.1. The normalized spacial score (nSPS) is 11.2. The predicted octanol–water partition coefficient (Wildman–Crippen LogP) is 3.49. The summed E-state index contributed by atoms with van der Waals surface area (Å²) >= 11 is 0. The average molecular weight is 389 g/mol. The number of aryl methyl sites for hydroxylation is 2. The fraction of sp³-hybridized carbons (Fsp3) is 0.182. The van der Waals surface area contributed by atoms with Gasteiger partial charge in [-0.25, -0.2) is 4.79 Å². The molecule has 0 spiro atoms. The molecule has 0 amide bonds. The summed E-state index contributed by atoms with van der Waals surface area (Å²) in [6, 6.07) is 10.8. The Bertz CT molecular complexity index is 1250. The molecule has 7 heteroatoms. The van der Waals surface area contributed by atoms with Gasteiger partial charge in [-0.1, -0.05) is 18.2 Å². The summed E-state index contributed by atoms with van der Waals surface area (Å²) in [5.74, 6) is -0.311. The van der Waals surface area contributed by atoms with Gasteiger partial charge >= 0.3 is 5.97 Å². The smallest absolute Gasteiger partial charge is 0.348 e. The van der Waals surface area contributed by atoms with Gasteiger partial charge in [0, 0.05) is 6.20 Å². The molecule has 2 aromatic heterocycles. The van der Waals surface area contributed by atoms with E-state index in [1.54, 1.807) is 24.4 Å². The molecule has 0 aliphatic heterocycles. The summed E-state index contributed by atoms with van der Waals surface area (Å²) in [6.07, 6.45) is 2.72. The molecule has 3 rings (SSSR count). The van der Waals surface area contributed by atoms with E-state index in [4.69, 9.17) is 4.74 Å². The first-order chi connectivity index (χ1) is 13.9. The van der Waals surface area contributed by atoms with Crippen LogP contribution in [0, 0.1) is 32.1 Å². The zero-order valence-corrected chi connectivity index (χ0v) is 16.5. The standard InChI is InChI=1S/C22H19N3O4/c1-13-7-5-9-18(15(13)3)29-20-17(11-16(12-23)22(27)28-4)21(26)25-10-6-8-14(2)19(25)24-20/h5-11H,1-4H3/b16-11+. The van der Waals surface area contributed by atoms with Crippen molar-refractivity contribution >= 4 is 17.7 Å². The Balaban J connectivity index is 2.32. The number of benzene rings is 1. The highest BCUT2D eigenvalue weighted by Gasteiger charge is 2.18. The van der Waals surface area contributed by atoms with Gasteiger partial charge in [0.1, 0.15) is 28.6 Å². The van der Waals surface area contributed by atoms with Crippen LogP contribution in [0.3, 0.4) is 0 Å². The number of pyridine rings is 1. The molecule has 29 heavy (non-hydrogen) atoms. The highest BCUT2D eigenvalue weighted by Crippen LogP contribution is 2.28. The molecule has 0 aliphatic rings. The number of hydrogen-bond donors (Lipinski definition) is 0. The van der Waals surface area contributed by atoms with Gasteiger partial charge in [0.05, 0.1) is 7.11 Å². The molecular formula is C22H19N3O4. The molecule has 0 saturated heterocycles. The Hall–Kier alpha value is -3.92. The largest absolute Gasteiger partial charge is 0.465 e. The lowest BCUT2D eigenvalue weighted by atomic mass is 10.1. The maximum absolute atomic E-state index is 13.1. The van der Waals surface area contributed by atoms with E-state index in [1.807, 2.05) is 39.0 Å². The number of esters is 1. The van der Waals surface area contributed by atoms with Crippen molar-refractivity contribution in [3.63, 3.8) is 0 Å². The molecule has 0 N–H and O–H groups in total. The fourth-order valence-electron chi connectivity index (χ4n) is 2.82. The molecule has 0 saturated carbocycles. The quantitative estimate of drug-likeness (QED) is 0.385. The van der Waals surface area contributed by atoms with E-state index in [1.165, 1.54) is 4.40 Å². The highest BCUT2D eigenvalue weighted by molar-refractivity contribution is 5.98. The molecule has 0 aliphatic carbocycles. The van der Waals surface area contributed by atoms with Crippen LogP contribution in [0.5, 0.6) is 11.6 Å². The van der Waals surface area contributed by atoms with Crippen molar-refractivity contribution in [1.29, 1.82) is 5.26 Å². The van der Waals surface area contributed by atoms with Crippen LogP contribution < -0.4 is 10.3 Å². The van der Waals surface area contributed by atoms with E-state index >= 15 is 0 Å². The van der Waals surface area contributed by atoms with Crippen LogP contribution in [0.2, 0.25) is 0 Å². The molecule has 0 fully saturated rings. The van der Waals surface area contributed by atoms with Crippen molar-refractivity contribution in [2.45, 2.75) is 20.8 Å². The van der Waals surface area contributed by atoms with Crippen LogP contribution in [-0.4, -0.2) is 22.5 Å². The number of fused-ring (bicyclic) bond motifs is 1. The number of carbonyl (C=O) groups is 1. The van der Waals surface area contributed by atoms with Crippen molar-refractivity contribution in [2.75, 3.05) is 7.11 Å². The number of methoxy groups -OCH3 is 1. The topological polar surface area (TPSA) is 93.7 Å². The second kappa shape index (κ2) is 7.98. The Kier molecular flexibility index (Phi) is 5.46. The summed E-state index contributed by atoms with van der Waals surface area (Å²) in [5.41, 5.74) is 2.30. The number of hydrogen-bond acceptors (Lipinski definition) is 6. The van der Waals surface area contributed by atoms with E-state index in [0.29, 0.717) is 11.4 Å². The summed E-state index contributed by atoms with van der Waals surface area (Å²) < 4.78 is 12.0. The molecule has 7 nitrogen and oxygen atoms in total. The Morgan fingerprint density at radius 2 is 1.90 bits per heavy atom. The lowest BCUT2D eigenvalue weighted by Gasteiger charge is -2.13. The van der Waals surface area contributed by atoms with E-state index < -0.39 is 11.5 Å². The third-order valence-corrected chi connectivity index (χ3v) is 4.63. The van der Waals surface area contributed by atoms with Gasteiger partial charge in [-0.2, -0.15) is 10.2 Å². The number of carbonyl (C=O) groups excluding carboxylic acids is 1. The van der Waals surface area contributed by atoms with Crippen molar-refractivity contribution in [2.24, 2.45) is 0 Å². The van der Waals surface area contributed by atoms with E-state index in [9.17, 15) is 14.9 Å². The van der Waals surface area contributed by atoms with Crippen LogP contribution >= 0.6 is 0 Å². The van der Waals surface area contributed by atoms with E-state index in [0.717, 1.165) is 29.9 Å². The zero-order chi connectivity index (χ0) is 21.1. The maximum Gasteiger partial charge on any atom is 0.348 e. The SMILES string of the molecule is COC(=O)/C(C#N)=C/c1c(Oc2cccc(C)c2C)nc2c(C)cccn2c1=O. The minimum atomic E-state index is -0.848. The summed E-state index contributed by atoms with van der Waals surface area (Å²) in [5, 5.41) is 9.31. The van der Waals surface area contributed by atoms with Gasteiger partial charge in [0.15, 0.2) is 0 Å². The van der Waals surface area contributed by atoms with Crippen molar-refractivity contribution < 1.29 is 14.3 Å². The third kappa shape index (κ3) is 3.73. The summed E-state index contributed by atoms with van der Waals surface area (Å²) in [4.78, 5) is 29.5. The monoisotopic (exact) mass is 389 g/mol. The zero-order valence-electron chi connectivity index (χ0n) is 16.5. The predicted molar refractivity (Wildman–Crippen MR) is 108 cm³/mol. The second-order valence-electron chi connectivity index (χ2n) is 6.48. The van der Waals surface area contributed by atoms with E-state index in [-0.39, 0.29) is 17.0 Å². The Morgan fingerprint density at radius 1 is 1.17 bits per heavy atom. The Morgan fingerprint density at radius 3 is 2.59 bits per heavy atom. The minimum absolute atomic E-state index is 0.00894. The van der Waals surface area contributed by atoms with Gasteiger partial charge in [0.2, 0.25) is 5.88 Å². The van der Waals surface area contributed by atoms with Gasteiger partial charge < -0.3 is 9.47 Å². The van der Waals surface area contributed by atoms with Crippen molar-refractivity contribution in [3.8, 4) is 17.7 Å². The van der Waals surface area contributed by atoms with E-state index in [2.05, 4.69) is 9.72 Å². The molecule has 0 atom stereocenters. The van der Waals surface area contributed by atoms with Crippen molar-refractivity contribution in [3.05, 3.63) is 74.7 Å². The van der Waals surface area contributed by atoms with Gasteiger partial charge in [-0.3, -0.25) is 9.20 Å². The molecule has 1 aromatic carbocycles. The third-order valence-electron chi connectivity index (χ3n) is 4.63. The second-order valence-corrected chi connectivity index (χ2v) is 6.48. The van der Waals surface area contributed by atoms with Crippen LogP contribution in [-0.2, 0) is 9.53 Å². The van der Waals surface area contributed by atoms with Gasteiger partial charge in [-0.15, -0.1) is 0 Å². The van der Waals surface area contributed by atoms with Crippen LogP contribution in [0.1, 0.15) is 22.3 Å². The number of nitriles is 1. The first-order valence-corrected chi connectivity index (χ1v) is 8.83. The van der Waals surface area contributed by atoms with Crippen LogP contribution in [0.4, 0.5) is 0 Å². The molecule has 2 heterocycles. The lowest BCUT2D eigenvalue weighted by molar-refractivity contribution is -0.135. The summed E-state index contributed by atoms with van der Waals surface area (Å²) in [7, 11) is 1.16. The van der Waals surface area contributed by atoms with Crippen LogP contribution in [0.25, 0.3) is 11.7 Å². The molecule has 146 valence electrons. The number of rotatable bonds is 4. The lowest BCUT2D eigenvalue weighted by Crippen LogP contribution is -2.20. The van der Waals surface area contributed by atoms with Crippen LogP contribution in [0.15, 0.2) is 46.9 Å². The average Bonchev–Trinajstić information content (AvgIpc) is 2.71. The first kappa shape index (κ1) is 19.8. The Labute approximate surface area is 167 Å². The molecule has 0 unspecified atom stereocenters. The highest BCUT2D eigenvalue weighted by atomic mass is 16.5. The number of aromatic nitrogens is 2. The van der Waals surface area contributed by atoms with Gasteiger partial charge in [0.25, 0.3) is 5.56 Å². The fourth-order valence-corrected chi connectivity index (χ4v) is 2.82. The number of ether oxygens (including phenoxy) is 2. The first-order valence-electron chi connectivity index (χ1n) is 8.83. The van der Waals surface area contributed by atoms with Crippen molar-refractivity contribution in [1.82, 2.24) is 9.38 Å². The number of nitrogens with zero attached hydrogens (tertiary/aromatic N) is 3. The minimum Gasteiger partial charge on any atom is -0.465 e. The molecule has 3 aromatic rings. The molecule has 0 radical (unpaired) electrons.